The van der Waals surface area contributed by atoms with Crippen LogP contribution in [0.2, 0.25) is 0 Å². The Morgan fingerprint density at radius 2 is 1.71 bits per heavy atom. The fourth-order valence-corrected chi connectivity index (χ4v) is 0.832. The highest BCUT2D eigenvalue weighted by atomic mass is 19.4. The van der Waals surface area contributed by atoms with Crippen LogP contribution in [0.3, 0.4) is 0 Å². The third kappa shape index (κ3) is 7.03. The van der Waals surface area contributed by atoms with Gasteiger partial charge >= 0.3 is 18.3 Å². The second-order valence-corrected chi connectivity index (χ2v) is 2.98. The molecular weight excluding hydrogens is 258 g/mol. The van der Waals surface area contributed by atoms with Crippen LogP contribution >= 0.6 is 0 Å². The number of alkyl halides is 6. The highest BCUT2D eigenvalue weighted by Crippen LogP contribution is 2.28. The van der Waals surface area contributed by atoms with E-state index in [1.165, 1.54) is 6.92 Å². The molecule has 0 bridgehead atoms. The minimum Gasteiger partial charge on any atom is -0.465 e. The fraction of sp³-hybridized carbons (Fsp3) is 0.875. The van der Waals surface area contributed by atoms with Gasteiger partial charge in [0.05, 0.1) is 13.2 Å². The van der Waals surface area contributed by atoms with Crippen molar-refractivity contribution in [3.05, 3.63) is 0 Å². The largest absolute Gasteiger partial charge is 0.465 e. The molecule has 0 aromatic rings. The molecule has 0 radical (unpaired) electrons. The van der Waals surface area contributed by atoms with E-state index < -0.39 is 37.5 Å². The summed E-state index contributed by atoms with van der Waals surface area (Å²) in [6.07, 6.45) is -9.75. The van der Waals surface area contributed by atoms with Gasteiger partial charge in [-0.2, -0.15) is 26.3 Å². The lowest BCUT2D eigenvalue weighted by Crippen LogP contribution is -2.37. The molecule has 3 nitrogen and oxygen atoms in total. The number of carbonyl (C=O) groups excluding carboxylic acids is 1. The van der Waals surface area contributed by atoms with Crippen molar-refractivity contribution in [3.63, 3.8) is 0 Å². The van der Waals surface area contributed by atoms with Gasteiger partial charge in [-0.25, -0.2) is 0 Å². The fourth-order valence-electron chi connectivity index (χ4n) is 0.832. The van der Waals surface area contributed by atoms with E-state index in [9.17, 15) is 31.1 Å². The topological polar surface area (TPSA) is 35.5 Å². The van der Waals surface area contributed by atoms with Gasteiger partial charge in [0.1, 0.15) is 6.61 Å². The zero-order chi connectivity index (χ0) is 13.7. The summed E-state index contributed by atoms with van der Waals surface area (Å²) in [5, 5.41) is 0. The lowest BCUT2D eigenvalue weighted by Gasteiger charge is -2.18. The standard InChI is InChI=1S/C8H10F6O3/c1-2-17-6(15)5(8(12,13)14)3-16-4-7(9,10)11/h5H,2-4H2,1H3. The molecule has 0 aliphatic rings. The van der Waals surface area contributed by atoms with Gasteiger partial charge in [0.15, 0.2) is 5.92 Å². The van der Waals surface area contributed by atoms with Crippen LogP contribution in [0.25, 0.3) is 0 Å². The van der Waals surface area contributed by atoms with E-state index in [4.69, 9.17) is 0 Å². The third-order valence-electron chi connectivity index (χ3n) is 1.52. The summed E-state index contributed by atoms with van der Waals surface area (Å²) < 4.78 is 79.5. The van der Waals surface area contributed by atoms with Gasteiger partial charge in [0, 0.05) is 0 Å². The number of rotatable bonds is 5. The molecule has 0 spiro atoms. The first-order valence-electron chi connectivity index (χ1n) is 4.45. The summed E-state index contributed by atoms with van der Waals surface area (Å²) in [4.78, 5) is 10.8. The first kappa shape index (κ1) is 16.0. The smallest absolute Gasteiger partial charge is 0.411 e. The van der Waals surface area contributed by atoms with Crippen molar-refractivity contribution in [1.29, 1.82) is 0 Å². The number of carbonyl (C=O) groups is 1. The van der Waals surface area contributed by atoms with Gasteiger partial charge in [-0.05, 0) is 6.92 Å². The Kier molecular flexibility index (Phi) is 5.73. The van der Waals surface area contributed by atoms with Crippen molar-refractivity contribution in [1.82, 2.24) is 0 Å². The van der Waals surface area contributed by atoms with E-state index in [-0.39, 0.29) is 6.61 Å². The monoisotopic (exact) mass is 268 g/mol. The minimum absolute atomic E-state index is 0.301. The van der Waals surface area contributed by atoms with Crippen LogP contribution < -0.4 is 0 Å². The molecule has 0 saturated heterocycles. The number of hydrogen-bond donors (Lipinski definition) is 0. The second-order valence-electron chi connectivity index (χ2n) is 2.98. The van der Waals surface area contributed by atoms with Gasteiger partial charge in [-0.1, -0.05) is 0 Å². The van der Waals surface area contributed by atoms with Crippen LogP contribution in [0.4, 0.5) is 26.3 Å². The van der Waals surface area contributed by atoms with Gasteiger partial charge < -0.3 is 9.47 Å². The van der Waals surface area contributed by atoms with Crippen molar-refractivity contribution in [2.45, 2.75) is 19.3 Å². The Bertz CT molecular complexity index is 247. The van der Waals surface area contributed by atoms with Crippen LogP contribution in [0.1, 0.15) is 6.92 Å². The molecular formula is C8H10F6O3. The summed E-state index contributed by atoms with van der Waals surface area (Å²) in [6, 6.07) is 0. The maximum Gasteiger partial charge on any atom is 0.411 e. The van der Waals surface area contributed by atoms with Gasteiger partial charge in [0.25, 0.3) is 0 Å². The maximum atomic E-state index is 12.3. The van der Waals surface area contributed by atoms with Crippen molar-refractivity contribution in [3.8, 4) is 0 Å². The molecule has 17 heavy (non-hydrogen) atoms. The molecule has 0 aliphatic heterocycles. The van der Waals surface area contributed by atoms with Gasteiger partial charge in [-0.3, -0.25) is 4.79 Å². The number of halogens is 6. The third-order valence-corrected chi connectivity index (χ3v) is 1.52. The highest BCUT2D eigenvalue weighted by molar-refractivity contribution is 5.73. The predicted molar refractivity (Wildman–Crippen MR) is 43.1 cm³/mol. The van der Waals surface area contributed by atoms with Crippen LogP contribution in [0.5, 0.6) is 0 Å². The number of ether oxygens (including phenoxy) is 2. The van der Waals surface area contributed by atoms with E-state index in [1.807, 2.05) is 0 Å². The van der Waals surface area contributed by atoms with Crippen LogP contribution in [0.15, 0.2) is 0 Å². The average molecular weight is 268 g/mol. The van der Waals surface area contributed by atoms with Crippen LogP contribution in [0, 0.1) is 5.92 Å². The molecule has 0 saturated carbocycles. The maximum absolute atomic E-state index is 12.3. The molecule has 0 heterocycles. The summed E-state index contributed by atoms with van der Waals surface area (Å²) in [6.45, 7) is -2.28. The Morgan fingerprint density at radius 1 is 1.18 bits per heavy atom. The lowest BCUT2D eigenvalue weighted by molar-refractivity contribution is -0.220. The molecule has 0 N–H and O–H groups in total. The average Bonchev–Trinajstić information content (AvgIpc) is 2.08. The van der Waals surface area contributed by atoms with E-state index in [2.05, 4.69) is 9.47 Å². The zero-order valence-electron chi connectivity index (χ0n) is 8.69. The summed E-state index contributed by atoms with van der Waals surface area (Å²) in [7, 11) is 0. The second kappa shape index (κ2) is 6.08. The number of hydrogen-bond acceptors (Lipinski definition) is 3. The predicted octanol–water partition coefficient (Wildman–Crippen LogP) is 2.31. The molecule has 9 heteroatoms. The molecule has 1 atom stereocenters. The van der Waals surface area contributed by atoms with Crippen LogP contribution in [-0.2, 0) is 14.3 Å². The van der Waals surface area contributed by atoms with Crippen molar-refractivity contribution in [2.24, 2.45) is 5.92 Å². The van der Waals surface area contributed by atoms with Crippen molar-refractivity contribution >= 4 is 5.97 Å². The Hall–Kier alpha value is -0.990. The van der Waals surface area contributed by atoms with Crippen molar-refractivity contribution in [2.75, 3.05) is 19.8 Å². The SMILES string of the molecule is CCOC(=O)C(COCC(F)(F)F)C(F)(F)F. The Balaban J connectivity index is 4.37. The molecule has 102 valence electrons. The van der Waals surface area contributed by atoms with E-state index in [1.54, 1.807) is 0 Å². The van der Waals surface area contributed by atoms with Crippen molar-refractivity contribution < 1.29 is 40.6 Å². The summed E-state index contributed by atoms with van der Waals surface area (Å²) in [5.74, 6) is -4.35. The molecule has 0 amide bonds. The Labute approximate surface area is 92.7 Å². The zero-order valence-corrected chi connectivity index (χ0v) is 8.69. The molecule has 0 aromatic heterocycles. The van der Waals surface area contributed by atoms with Crippen LogP contribution in [-0.4, -0.2) is 38.1 Å². The lowest BCUT2D eigenvalue weighted by atomic mass is 10.1. The normalized spacial score (nSPS) is 14.5. The molecule has 0 aliphatic carbocycles. The van der Waals surface area contributed by atoms with Gasteiger partial charge in [-0.15, -0.1) is 0 Å². The minimum atomic E-state index is -5.00. The highest BCUT2D eigenvalue weighted by Gasteiger charge is 2.46. The van der Waals surface area contributed by atoms with E-state index in [0.29, 0.717) is 0 Å². The summed E-state index contributed by atoms with van der Waals surface area (Å²) >= 11 is 0. The first-order valence-corrected chi connectivity index (χ1v) is 4.45. The number of esters is 1. The molecule has 1 unspecified atom stereocenters. The van der Waals surface area contributed by atoms with Gasteiger partial charge in [0.2, 0.25) is 0 Å². The first-order chi connectivity index (χ1) is 7.58. The molecule has 0 rings (SSSR count). The quantitative estimate of drug-likeness (QED) is 0.567. The Morgan fingerprint density at radius 3 is 2.06 bits per heavy atom. The van der Waals surface area contributed by atoms with E-state index in [0.717, 1.165) is 0 Å². The molecule has 0 aromatic carbocycles. The molecule has 0 fully saturated rings. The van der Waals surface area contributed by atoms with E-state index >= 15 is 0 Å². The summed E-state index contributed by atoms with van der Waals surface area (Å²) in [5.41, 5.74) is 0.